The van der Waals surface area contributed by atoms with Crippen LogP contribution in [0.1, 0.15) is 24.2 Å². The predicted octanol–water partition coefficient (Wildman–Crippen LogP) is 2.26. The molecule has 0 aliphatic heterocycles. The molecule has 0 aliphatic carbocycles. The van der Waals surface area contributed by atoms with Gasteiger partial charge in [-0.25, -0.2) is 4.98 Å². The van der Waals surface area contributed by atoms with Gasteiger partial charge in [0.25, 0.3) is 15.9 Å². The minimum Gasteiger partial charge on any atom is -0.352 e. The molecule has 0 radical (unpaired) electrons. The molecular formula is C15H19ClN4O3S. The van der Waals surface area contributed by atoms with E-state index in [4.69, 9.17) is 11.6 Å². The van der Waals surface area contributed by atoms with Crippen LogP contribution in [0.5, 0.6) is 0 Å². The van der Waals surface area contributed by atoms with E-state index in [1.165, 1.54) is 17.0 Å². The smallest absolute Gasteiger partial charge is 0.282 e. The first-order valence-electron chi connectivity index (χ1n) is 7.29. The average Bonchev–Trinajstić information content (AvgIpc) is 2.85. The molecule has 1 aromatic heterocycles. The molecule has 0 unspecified atom stereocenters. The number of halogens is 1. The maximum Gasteiger partial charge on any atom is 0.282 e. The van der Waals surface area contributed by atoms with Gasteiger partial charge in [-0.15, -0.1) is 0 Å². The van der Waals surface area contributed by atoms with Gasteiger partial charge >= 0.3 is 0 Å². The van der Waals surface area contributed by atoms with Gasteiger partial charge in [0.2, 0.25) is 5.03 Å². The molecule has 7 nitrogen and oxygen atoms in total. The minimum atomic E-state index is -4.00. The molecule has 130 valence electrons. The molecule has 0 aliphatic rings. The largest absolute Gasteiger partial charge is 0.352 e. The number of hydrogen-bond donors (Lipinski definition) is 2. The van der Waals surface area contributed by atoms with Gasteiger partial charge in [0.15, 0.2) is 0 Å². The molecule has 9 heteroatoms. The highest BCUT2D eigenvalue weighted by molar-refractivity contribution is 7.92. The summed E-state index contributed by atoms with van der Waals surface area (Å²) in [5.41, 5.74) is 0.397. The first kappa shape index (κ1) is 18.3. The van der Waals surface area contributed by atoms with Gasteiger partial charge < -0.3 is 9.88 Å². The fraction of sp³-hybridized carbons (Fsp3) is 0.333. The first-order chi connectivity index (χ1) is 11.2. The van der Waals surface area contributed by atoms with Crippen LogP contribution in [-0.2, 0) is 17.1 Å². The second-order valence-electron chi connectivity index (χ2n) is 5.71. The van der Waals surface area contributed by atoms with Crippen LogP contribution < -0.4 is 10.0 Å². The zero-order chi connectivity index (χ0) is 17.9. The molecule has 2 N–H and O–H groups in total. The van der Waals surface area contributed by atoms with E-state index in [0.717, 1.165) is 0 Å². The van der Waals surface area contributed by atoms with Crippen molar-refractivity contribution in [2.45, 2.75) is 18.9 Å². The van der Waals surface area contributed by atoms with E-state index in [9.17, 15) is 13.2 Å². The van der Waals surface area contributed by atoms with Crippen molar-refractivity contribution in [1.29, 1.82) is 0 Å². The summed E-state index contributed by atoms with van der Waals surface area (Å²) in [6.07, 6.45) is 1.30. The van der Waals surface area contributed by atoms with Crippen molar-refractivity contribution in [3.05, 3.63) is 41.3 Å². The van der Waals surface area contributed by atoms with Gasteiger partial charge in [-0.05, 0) is 18.1 Å². The number of nitrogens with one attached hydrogen (secondary N) is 2. The van der Waals surface area contributed by atoms with Crippen molar-refractivity contribution in [3.8, 4) is 0 Å². The second-order valence-corrected chi connectivity index (χ2v) is 7.66. The van der Waals surface area contributed by atoms with Crippen LogP contribution in [0.2, 0.25) is 5.15 Å². The highest BCUT2D eigenvalue weighted by atomic mass is 35.5. The maximum atomic E-state index is 12.5. The van der Waals surface area contributed by atoms with Crippen molar-refractivity contribution in [2.75, 3.05) is 11.3 Å². The molecular weight excluding hydrogens is 352 g/mol. The van der Waals surface area contributed by atoms with Gasteiger partial charge in [0.05, 0.1) is 17.6 Å². The van der Waals surface area contributed by atoms with Gasteiger partial charge in [0, 0.05) is 13.6 Å². The number of carbonyl (C=O) groups excluding carboxylic acids is 1. The molecule has 0 saturated carbocycles. The summed E-state index contributed by atoms with van der Waals surface area (Å²) >= 11 is 5.95. The Morgan fingerprint density at radius 3 is 2.58 bits per heavy atom. The van der Waals surface area contributed by atoms with Crippen molar-refractivity contribution in [3.63, 3.8) is 0 Å². The van der Waals surface area contributed by atoms with E-state index in [1.807, 2.05) is 13.8 Å². The fourth-order valence-electron chi connectivity index (χ4n) is 1.93. The van der Waals surface area contributed by atoms with E-state index < -0.39 is 10.0 Å². The molecule has 1 aromatic carbocycles. The molecule has 2 rings (SSSR count). The monoisotopic (exact) mass is 370 g/mol. The number of hydrogen-bond acceptors (Lipinski definition) is 4. The Hall–Kier alpha value is -2.06. The predicted molar refractivity (Wildman–Crippen MR) is 92.6 cm³/mol. The third-order valence-corrected chi connectivity index (χ3v) is 5.03. The number of anilines is 1. The maximum absolute atomic E-state index is 12.5. The molecule has 0 spiro atoms. The number of rotatable bonds is 6. The Morgan fingerprint density at radius 2 is 2.00 bits per heavy atom. The Labute approximate surface area is 146 Å². The van der Waals surface area contributed by atoms with E-state index >= 15 is 0 Å². The molecule has 0 bridgehead atoms. The quantitative estimate of drug-likeness (QED) is 0.815. The topological polar surface area (TPSA) is 93.1 Å². The molecule has 0 atom stereocenters. The Kier molecular flexibility index (Phi) is 5.51. The molecule has 1 heterocycles. The van der Waals surface area contributed by atoms with Crippen molar-refractivity contribution in [2.24, 2.45) is 13.0 Å². The number of aromatic nitrogens is 2. The van der Waals surface area contributed by atoms with Crippen LogP contribution in [0, 0.1) is 5.92 Å². The fourth-order valence-corrected chi connectivity index (χ4v) is 3.44. The zero-order valence-corrected chi connectivity index (χ0v) is 15.1. The van der Waals surface area contributed by atoms with E-state index in [-0.39, 0.29) is 33.3 Å². The van der Waals surface area contributed by atoms with Gasteiger partial charge in [-0.3, -0.25) is 9.52 Å². The lowest BCUT2D eigenvalue weighted by Gasteiger charge is -2.13. The van der Waals surface area contributed by atoms with Crippen LogP contribution in [0.3, 0.4) is 0 Å². The normalized spacial score (nSPS) is 11.5. The minimum absolute atomic E-state index is 0.00996. The van der Waals surface area contributed by atoms with Gasteiger partial charge in [0.1, 0.15) is 5.15 Å². The number of benzene rings is 1. The summed E-state index contributed by atoms with van der Waals surface area (Å²) in [6.45, 7) is 4.43. The number of carbonyl (C=O) groups is 1. The summed E-state index contributed by atoms with van der Waals surface area (Å²) in [5.74, 6) is -0.0701. The zero-order valence-electron chi connectivity index (χ0n) is 13.6. The molecule has 1 amide bonds. The number of para-hydroxylation sites is 1. The van der Waals surface area contributed by atoms with Crippen LogP contribution in [-0.4, -0.2) is 30.4 Å². The number of aryl methyl sites for hydroxylation is 1. The Bertz CT molecular complexity index is 846. The molecule has 0 fully saturated rings. The van der Waals surface area contributed by atoms with Crippen LogP contribution in [0.4, 0.5) is 5.69 Å². The van der Waals surface area contributed by atoms with Crippen molar-refractivity contribution >= 4 is 33.2 Å². The highest BCUT2D eigenvalue weighted by Crippen LogP contribution is 2.23. The Balaban J connectivity index is 2.30. The Morgan fingerprint density at radius 1 is 1.33 bits per heavy atom. The molecule has 2 aromatic rings. The first-order valence-corrected chi connectivity index (χ1v) is 9.15. The van der Waals surface area contributed by atoms with Crippen LogP contribution >= 0.6 is 11.6 Å². The average molecular weight is 371 g/mol. The van der Waals surface area contributed by atoms with Crippen LogP contribution in [0.25, 0.3) is 0 Å². The van der Waals surface area contributed by atoms with Crippen LogP contribution in [0.15, 0.2) is 35.6 Å². The molecule has 24 heavy (non-hydrogen) atoms. The number of sulfonamides is 1. The summed E-state index contributed by atoms with van der Waals surface area (Å²) in [6, 6.07) is 6.36. The van der Waals surface area contributed by atoms with E-state index in [0.29, 0.717) is 6.54 Å². The second kappa shape index (κ2) is 7.23. The standard InChI is InChI=1S/C15H19ClN4O3S/c1-10(2)8-17-14(21)11-6-4-5-7-12(11)19-24(22,23)15-13(16)20(3)9-18-15/h4-7,9-10,19H,8H2,1-3H3,(H,17,21). The summed E-state index contributed by atoms with van der Waals surface area (Å²) in [4.78, 5) is 16.1. The third-order valence-electron chi connectivity index (χ3n) is 3.18. The summed E-state index contributed by atoms with van der Waals surface area (Å²) < 4.78 is 28.7. The summed E-state index contributed by atoms with van der Waals surface area (Å²) in [7, 11) is -2.42. The number of nitrogens with zero attached hydrogens (tertiary/aromatic N) is 2. The van der Waals surface area contributed by atoms with Gasteiger partial charge in [-0.1, -0.05) is 37.6 Å². The lowest BCUT2D eigenvalue weighted by atomic mass is 10.1. The van der Waals surface area contributed by atoms with E-state index in [2.05, 4.69) is 15.0 Å². The lowest BCUT2D eigenvalue weighted by Crippen LogP contribution is -2.28. The summed E-state index contributed by atoms with van der Waals surface area (Å²) in [5, 5.41) is 2.46. The van der Waals surface area contributed by atoms with E-state index in [1.54, 1.807) is 25.2 Å². The highest BCUT2D eigenvalue weighted by Gasteiger charge is 2.24. The number of amides is 1. The van der Waals surface area contributed by atoms with Crippen molar-refractivity contribution < 1.29 is 13.2 Å². The van der Waals surface area contributed by atoms with Gasteiger partial charge in [-0.2, -0.15) is 8.42 Å². The molecule has 0 saturated heterocycles. The SMILES string of the molecule is CC(C)CNC(=O)c1ccccc1NS(=O)(=O)c1ncn(C)c1Cl. The lowest BCUT2D eigenvalue weighted by molar-refractivity contribution is 0.0950. The third kappa shape index (κ3) is 4.07. The number of imidazole rings is 1. The van der Waals surface area contributed by atoms with Crippen molar-refractivity contribution in [1.82, 2.24) is 14.9 Å².